The summed E-state index contributed by atoms with van der Waals surface area (Å²) >= 11 is 0. The third-order valence-corrected chi connectivity index (χ3v) is 3.58. The Labute approximate surface area is 99.7 Å². The summed E-state index contributed by atoms with van der Waals surface area (Å²) in [4.78, 5) is 6.44. The fourth-order valence-electron chi connectivity index (χ4n) is 1.83. The molecule has 1 aromatic rings. The van der Waals surface area contributed by atoms with Crippen LogP contribution in [0.3, 0.4) is 0 Å². The lowest BCUT2D eigenvalue weighted by Crippen LogP contribution is -2.18. The minimum Gasteiger partial charge on any atom is -0.357 e. The Bertz CT molecular complexity index is 452. The standard InChI is InChI=1S/C10H13ClN2O2S/c11-16(14,15)8-9-3-4-10(12-7-9)13-5-1-2-6-13/h3-4,7H,1-2,5-6,8H2. The molecule has 0 atom stereocenters. The first-order chi connectivity index (χ1) is 7.54. The molecule has 0 unspecified atom stereocenters. The van der Waals surface area contributed by atoms with E-state index in [1.807, 2.05) is 6.07 Å². The number of hydrogen-bond acceptors (Lipinski definition) is 4. The lowest BCUT2D eigenvalue weighted by molar-refractivity contribution is 0.609. The van der Waals surface area contributed by atoms with E-state index in [1.165, 1.54) is 12.8 Å². The van der Waals surface area contributed by atoms with Gasteiger partial charge in [-0.3, -0.25) is 0 Å². The van der Waals surface area contributed by atoms with E-state index in [4.69, 9.17) is 10.7 Å². The maximum Gasteiger partial charge on any atom is 0.236 e. The summed E-state index contributed by atoms with van der Waals surface area (Å²) in [7, 11) is 1.68. The lowest BCUT2D eigenvalue weighted by atomic mass is 10.3. The van der Waals surface area contributed by atoms with Gasteiger partial charge in [-0.15, -0.1) is 0 Å². The Kier molecular flexibility index (Phi) is 3.35. The van der Waals surface area contributed by atoms with Crippen molar-refractivity contribution in [1.82, 2.24) is 4.98 Å². The third kappa shape index (κ3) is 3.09. The zero-order valence-corrected chi connectivity index (χ0v) is 10.3. The highest BCUT2D eigenvalue weighted by Gasteiger charge is 2.13. The van der Waals surface area contributed by atoms with E-state index >= 15 is 0 Å². The zero-order chi connectivity index (χ0) is 11.6. The highest BCUT2D eigenvalue weighted by Crippen LogP contribution is 2.18. The van der Waals surface area contributed by atoms with E-state index in [0.29, 0.717) is 5.56 Å². The largest absolute Gasteiger partial charge is 0.357 e. The van der Waals surface area contributed by atoms with Crippen LogP contribution in [-0.2, 0) is 14.8 Å². The molecule has 0 spiro atoms. The van der Waals surface area contributed by atoms with Crippen LogP contribution in [0.2, 0.25) is 0 Å². The molecular formula is C10H13ClN2O2S. The maximum absolute atomic E-state index is 10.9. The van der Waals surface area contributed by atoms with Crippen molar-refractivity contribution in [2.45, 2.75) is 18.6 Å². The molecule has 1 aliphatic rings. The molecule has 0 aliphatic carbocycles. The smallest absolute Gasteiger partial charge is 0.236 e. The summed E-state index contributed by atoms with van der Waals surface area (Å²) in [6.07, 6.45) is 3.96. The molecule has 1 saturated heterocycles. The van der Waals surface area contributed by atoms with Crippen LogP contribution in [0.15, 0.2) is 18.3 Å². The molecule has 4 nitrogen and oxygen atoms in total. The molecule has 2 heterocycles. The van der Waals surface area contributed by atoms with E-state index in [-0.39, 0.29) is 5.75 Å². The number of aromatic nitrogens is 1. The molecule has 0 bridgehead atoms. The molecule has 2 rings (SSSR count). The van der Waals surface area contributed by atoms with Crippen molar-refractivity contribution in [2.75, 3.05) is 18.0 Å². The van der Waals surface area contributed by atoms with Crippen molar-refractivity contribution in [1.29, 1.82) is 0 Å². The maximum atomic E-state index is 10.9. The van der Waals surface area contributed by atoms with Crippen LogP contribution in [0.4, 0.5) is 5.82 Å². The minimum atomic E-state index is -3.49. The molecule has 0 radical (unpaired) electrons. The van der Waals surface area contributed by atoms with Crippen molar-refractivity contribution in [2.24, 2.45) is 0 Å². The van der Waals surface area contributed by atoms with Crippen molar-refractivity contribution in [3.63, 3.8) is 0 Å². The molecule has 1 fully saturated rings. The van der Waals surface area contributed by atoms with Crippen LogP contribution in [0.1, 0.15) is 18.4 Å². The van der Waals surface area contributed by atoms with Crippen molar-refractivity contribution in [3.8, 4) is 0 Å². The summed E-state index contributed by atoms with van der Waals surface area (Å²) in [5.41, 5.74) is 0.623. The summed E-state index contributed by atoms with van der Waals surface area (Å²) in [5.74, 6) is 0.746. The Balaban J connectivity index is 2.10. The van der Waals surface area contributed by atoms with Gasteiger partial charge in [0.15, 0.2) is 0 Å². The number of hydrogen-bond donors (Lipinski definition) is 0. The summed E-state index contributed by atoms with van der Waals surface area (Å²) < 4.78 is 21.7. The second-order valence-electron chi connectivity index (χ2n) is 3.90. The van der Waals surface area contributed by atoms with E-state index in [0.717, 1.165) is 18.9 Å². The van der Waals surface area contributed by atoms with Gasteiger partial charge in [0.25, 0.3) is 0 Å². The SMILES string of the molecule is O=S(=O)(Cl)Cc1ccc(N2CCCC2)nc1. The Morgan fingerprint density at radius 1 is 1.31 bits per heavy atom. The van der Waals surface area contributed by atoms with Crippen molar-refractivity contribution < 1.29 is 8.42 Å². The van der Waals surface area contributed by atoms with Gasteiger partial charge in [-0.2, -0.15) is 0 Å². The predicted molar refractivity (Wildman–Crippen MR) is 64.2 cm³/mol. The van der Waals surface area contributed by atoms with Gasteiger partial charge in [0.2, 0.25) is 9.05 Å². The van der Waals surface area contributed by atoms with Gasteiger partial charge in [0, 0.05) is 30.0 Å². The molecule has 88 valence electrons. The van der Waals surface area contributed by atoms with Crippen LogP contribution in [0.5, 0.6) is 0 Å². The fraction of sp³-hybridized carbons (Fsp3) is 0.500. The summed E-state index contributed by atoms with van der Waals surface area (Å²) in [6.45, 7) is 2.06. The van der Waals surface area contributed by atoms with Gasteiger partial charge in [0.1, 0.15) is 5.82 Å². The van der Waals surface area contributed by atoms with Crippen LogP contribution in [0.25, 0.3) is 0 Å². The molecule has 1 aromatic heterocycles. The highest BCUT2D eigenvalue weighted by molar-refractivity contribution is 8.13. The van der Waals surface area contributed by atoms with Gasteiger partial charge in [-0.25, -0.2) is 13.4 Å². The van der Waals surface area contributed by atoms with E-state index in [9.17, 15) is 8.42 Å². The lowest BCUT2D eigenvalue weighted by Gasteiger charge is -2.15. The van der Waals surface area contributed by atoms with Crippen molar-refractivity contribution >= 4 is 25.6 Å². The van der Waals surface area contributed by atoms with Crippen LogP contribution < -0.4 is 4.90 Å². The first-order valence-corrected chi connectivity index (χ1v) is 7.65. The summed E-state index contributed by atoms with van der Waals surface area (Å²) in [6, 6.07) is 3.61. The molecule has 0 aromatic carbocycles. The molecule has 6 heteroatoms. The average molecular weight is 261 g/mol. The molecule has 0 N–H and O–H groups in total. The first kappa shape index (κ1) is 11.7. The van der Waals surface area contributed by atoms with E-state index in [1.54, 1.807) is 12.3 Å². The zero-order valence-electron chi connectivity index (χ0n) is 8.76. The normalized spacial score (nSPS) is 16.7. The van der Waals surface area contributed by atoms with Crippen molar-refractivity contribution in [3.05, 3.63) is 23.9 Å². The Hall–Kier alpha value is -0.810. The summed E-state index contributed by atoms with van der Waals surface area (Å²) in [5, 5.41) is 0. The monoisotopic (exact) mass is 260 g/mol. The number of nitrogens with zero attached hydrogens (tertiary/aromatic N) is 2. The molecule has 0 amide bonds. The van der Waals surface area contributed by atoms with Gasteiger partial charge in [-0.1, -0.05) is 6.07 Å². The molecular weight excluding hydrogens is 248 g/mol. The van der Waals surface area contributed by atoms with Crippen LogP contribution >= 0.6 is 10.7 Å². The van der Waals surface area contributed by atoms with Gasteiger partial charge < -0.3 is 4.90 Å². The number of anilines is 1. The minimum absolute atomic E-state index is 0.165. The second-order valence-corrected chi connectivity index (χ2v) is 6.68. The number of pyridine rings is 1. The Morgan fingerprint density at radius 3 is 2.50 bits per heavy atom. The number of rotatable bonds is 3. The quantitative estimate of drug-likeness (QED) is 0.777. The van der Waals surface area contributed by atoms with E-state index < -0.39 is 9.05 Å². The first-order valence-electron chi connectivity index (χ1n) is 5.17. The fourth-order valence-corrected chi connectivity index (χ4v) is 2.78. The molecule has 1 aliphatic heterocycles. The highest BCUT2D eigenvalue weighted by atomic mass is 35.7. The van der Waals surface area contributed by atoms with E-state index in [2.05, 4.69) is 9.88 Å². The molecule has 0 saturated carbocycles. The third-order valence-electron chi connectivity index (χ3n) is 2.58. The number of halogens is 1. The van der Waals surface area contributed by atoms with Crippen LogP contribution in [-0.4, -0.2) is 26.5 Å². The Morgan fingerprint density at radius 2 is 2.00 bits per heavy atom. The van der Waals surface area contributed by atoms with Gasteiger partial charge >= 0.3 is 0 Å². The topological polar surface area (TPSA) is 50.3 Å². The second kappa shape index (κ2) is 4.59. The van der Waals surface area contributed by atoms with Crippen LogP contribution in [0, 0.1) is 0 Å². The van der Waals surface area contributed by atoms with Gasteiger partial charge in [-0.05, 0) is 24.5 Å². The average Bonchev–Trinajstić information content (AvgIpc) is 2.69. The van der Waals surface area contributed by atoms with Gasteiger partial charge in [0.05, 0.1) is 5.75 Å². The predicted octanol–water partition coefficient (Wildman–Crippen LogP) is 1.75. The molecule has 16 heavy (non-hydrogen) atoms.